The number of piperidine rings is 1. The molecule has 0 radical (unpaired) electrons. The lowest BCUT2D eigenvalue weighted by molar-refractivity contribution is 0.0809. The van der Waals surface area contributed by atoms with Crippen LogP contribution in [0.2, 0.25) is 0 Å². The summed E-state index contributed by atoms with van der Waals surface area (Å²) in [6.45, 7) is 3.46. The number of likely N-dealkylation sites (tertiary alicyclic amines) is 1. The van der Waals surface area contributed by atoms with Crippen LogP contribution in [-0.2, 0) is 4.74 Å². The molecule has 0 unspecified atom stereocenters. The first-order valence-electron chi connectivity index (χ1n) is 7.40. The van der Waals surface area contributed by atoms with E-state index in [1.165, 1.54) is 0 Å². The zero-order valence-corrected chi connectivity index (χ0v) is 12.3. The normalized spacial score (nSPS) is 18.9. The van der Waals surface area contributed by atoms with E-state index in [1.54, 1.807) is 19.2 Å². The quantitative estimate of drug-likeness (QED) is 0.776. The maximum absolute atomic E-state index is 12.4. The van der Waals surface area contributed by atoms with Crippen molar-refractivity contribution in [2.75, 3.05) is 40.1 Å². The van der Waals surface area contributed by atoms with E-state index >= 15 is 0 Å². The first-order valence-corrected chi connectivity index (χ1v) is 7.40. The van der Waals surface area contributed by atoms with Crippen molar-refractivity contribution >= 4 is 5.78 Å². The molecule has 21 heavy (non-hydrogen) atoms. The molecule has 5 heteroatoms. The number of Topliss-reactive ketones (excluding diaryl/α,β-unsaturated/α-hetero) is 1. The summed E-state index contributed by atoms with van der Waals surface area (Å²) in [4.78, 5) is 14.6. The van der Waals surface area contributed by atoms with Crippen LogP contribution in [0.5, 0.6) is 11.5 Å². The third kappa shape index (κ3) is 3.36. The van der Waals surface area contributed by atoms with Crippen molar-refractivity contribution in [2.24, 2.45) is 5.92 Å². The highest BCUT2D eigenvalue weighted by Gasteiger charge is 2.22. The number of hydrogen-bond donors (Lipinski definition) is 0. The summed E-state index contributed by atoms with van der Waals surface area (Å²) >= 11 is 0. The van der Waals surface area contributed by atoms with E-state index in [2.05, 4.69) is 4.90 Å². The number of methoxy groups -OCH3 is 1. The average Bonchev–Trinajstić information content (AvgIpc) is 2.97. The average molecular weight is 291 g/mol. The third-order valence-corrected chi connectivity index (χ3v) is 4.17. The standard InChI is InChI=1S/C16H21NO4/c1-19-10-12-4-6-17(7-5-12)9-14(18)13-2-3-15-16(8-13)21-11-20-15/h2-3,8,12H,4-7,9-11H2,1H3. The molecule has 1 aromatic rings. The first-order chi connectivity index (χ1) is 10.3. The van der Waals surface area contributed by atoms with E-state index < -0.39 is 0 Å². The second kappa shape index (κ2) is 6.45. The number of hydrogen-bond acceptors (Lipinski definition) is 5. The largest absolute Gasteiger partial charge is 0.454 e. The van der Waals surface area contributed by atoms with Gasteiger partial charge >= 0.3 is 0 Å². The summed E-state index contributed by atoms with van der Waals surface area (Å²) in [6, 6.07) is 5.40. The molecule has 1 aromatic carbocycles. The van der Waals surface area contributed by atoms with Crippen LogP contribution in [0.25, 0.3) is 0 Å². The predicted molar refractivity (Wildman–Crippen MR) is 77.9 cm³/mol. The Hall–Kier alpha value is -1.59. The summed E-state index contributed by atoms with van der Waals surface area (Å²) in [6.07, 6.45) is 2.20. The van der Waals surface area contributed by atoms with Crippen molar-refractivity contribution in [2.45, 2.75) is 12.8 Å². The van der Waals surface area contributed by atoms with Crippen molar-refractivity contribution in [3.63, 3.8) is 0 Å². The van der Waals surface area contributed by atoms with E-state index in [4.69, 9.17) is 14.2 Å². The number of nitrogens with zero attached hydrogens (tertiary/aromatic N) is 1. The Morgan fingerprint density at radius 3 is 2.81 bits per heavy atom. The molecule has 1 fully saturated rings. The molecule has 0 atom stereocenters. The number of carbonyl (C=O) groups excluding carboxylic acids is 1. The molecule has 2 aliphatic heterocycles. The molecule has 0 bridgehead atoms. The molecule has 0 spiro atoms. The van der Waals surface area contributed by atoms with Crippen molar-refractivity contribution in [3.05, 3.63) is 23.8 Å². The summed E-state index contributed by atoms with van der Waals surface area (Å²) < 4.78 is 15.8. The fourth-order valence-electron chi connectivity index (χ4n) is 2.91. The number of rotatable bonds is 5. The monoisotopic (exact) mass is 291 g/mol. The van der Waals surface area contributed by atoms with Crippen LogP contribution in [0.4, 0.5) is 0 Å². The molecule has 5 nitrogen and oxygen atoms in total. The Bertz CT molecular complexity index is 509. The van der Waals surface area contributed by atoms with Gasteiger partial charge in [-0.2, -0.15) is 0 Å². The van der Waals surface area contributed by atoms with Crippen LogP contribution in [0, 0.1) is 5.92 Å². The van der Waals surface area contributed by atoms with E-state index in [0.29, 0.717) is 29.5 Å². The van der Waals surface area contributed by atoms with Gasteiger partial charge in [0.15, 0.2) is 17.3 Å². The summed E-state index contributed by atoms with van der Waals surface area (Å²) in [5.41, 5.74) is 0.693. The minimum absolute atomic E-state index is 0.137. The van der Waals surface area contributed by atoms with Gasteiger partial charge in [-0.25, -0.2) is 0 Å². The van der Waals surface area contributed by atoms with Crippen LogP contribution in [0.15, 0.2) is 18.2 Å². The minimum Gasteiger partial charge on any atom is -0.454 e. The topological polar surface area (TPSA) is 48.0 Å². The molecule has 0 N–H and O–H groups in total. The highest BCUT2D eigenvalue weighted by atomic mass is 16.7. The lowest BCUT2D eigenvalue weighted by Gasteiger charge is -2.31. The molecule has 2 heterocycles. The van der Waals surface area contributed by atoms with E-state index in [9.17, 15) is 4.79 Å². The molecular weight excluding hydrogens is 270 g/mol. The van der Waals surface area contributed by atoms with Crippen LogP contribution in [0.1, 0.15) is 23.2 Å². The second-order valence-corrected chi connectivity index (χ2v) is 5.67. The zero-order valence-electron chi connectivity index (χ0n) is 12.3. The Balaban J connectivity index is 1.55. The minimum atomic E-state index is 0.137. The van der Waals surface area contributed by atoms with Crippen LogP contribution in [0.3, 0.4) is 0 Å². The van der Waals surface area contributed by atoms with Gasteiger partial charge in [-0.3, -0.25) is 9.69 Å². The Labute approximate surface area is 124 Å². The van der Waals surface area contributed by atoms with Gasteiger partial charge in [0.2, 0.25) is 6.79 Å². The zero-order chi connectivity index (χ0) is 14.7. The van der Waals surface area contributed by atoms with Gasteiger partial charge in [-0.1, -0.05) is 0 Å². The van der Waals surface area contributed by atoms with Gasteiger partial charge in [0.05, 0.1) is 6.54 Å². The molecule has 0 aromatic heterocycles. The summed E-state index contributed by atoms with van der Waals surface area (Å²) in [5, 5.41) is 0. The highest BCUT2D eigenvalue weighted by Crippen LogP contribution is 2.32. The van der Waals surface area contributed by atoms with E-state index in [1.807, 2.05) is 6.07 Å². The van der Waals surface area contributed by atoms with E-state index in [0.717, 1.165) is 32.5 Å². The maximum atomic E-state index is 12.4. The predicted octanol–water partition coefficient (Wildman–Crippen LogP) is 1.96. The molecule has 114 valence electrons. The number of fused-ring (bicyclic) bond motifs is 1. The maximum Gasteiger partial charge on any atom is 0.231 e. The Kier molecular flexibility index (Phi) is 4.41. The van der Waals surface area contributed by atoms with Crippen LogP contribution >= 0.6 is 0 Å². The molecule has 1 saturated heterocycles. The van der Waals surface area contributed by atoms with Gasteiger partial charge in [-0.15, -0.1) is 0 Å². The van der Waals surface area contributed by atoms with Crippen molar-refractivity contribution in [3.8, 4) is 11.5 Å². The van der Waals surface area contributed by atoms with Gasteiger partial charge in [0.25, 0.3) is 0 Å². The SMILES string of the molecule is COCC1CCN(CC(=O)c2ccc3c(c2)OCO3)CC1. The lowest BCUT2D eigenvalue weighted by atomic mass is 9.97. The molecular formula is C16H21NO4. The lowest BCUT2D eigenvalue weighted by Crippen LogP contribution is -2.38. The second-order valence-electron chi connectivity index (χ2n) is 5.67. The van der Waals surface area contributed by atoms with Gasteiger partial charge < -0.3 is 14.2 Å². The molecule has 0 saturated carbocycles. The highest BCUT2D eigenvalue weighted by molar-refractivity contribution is 5.98. The first kappa shape index (κ1) is 14.4. The van der Waals surface area contributed by atoms with Crippen LogP contribution in [-0.4, -0.2) is 50.8 Å². The van der Waals surface area contributed by atoms with Gasteiger partial charge in [0, 0.05) is 19.3 Å². The van der Waals surface area contributed by atoms with Crippen molar-refractivity contribution in [1.82, 2.24) is 4.90 Å². The van der Waals surface area contributed by atoms with E-state index in [-0.39, 0.29) is 12.6 Å². The number of ether oxygens (including phenoxy) is 3. The Morgan fingerprint density at radius 2 is 2.05 bits per heavy atom. The fourth-order valence-corrected chi connectivity index (χ4v) is 2.91. The summed E-state index contributed by atoms with van der Waals surface area (Å²) in [7, 11) is 1.75. The van der Waals surface area contributed by atoms with Crippen LogP contribution < -0.4 is 9.47 Å². The number of carbonyl (C=O) groups is 1. The van der Waals surface area contributed by atoms with Gasteiger partial charge in [-0.05, 0) is 50.0 Å². The Morgan fingerprint density at radius 1 is 1.29 bits per heavy atom. The fraction of sp³-hybridized carbons (Fsp3) is 0.562. The molecule has 2 aliphatic rings. The van der Waals surface area contributed by atoms with Crippen molar-refractivity contribution < 1.29 is 19.0 Å². The molecule has 0 amide bonds. The molecule has 3 rings (SSSR count). The summed E-state index contributed by atoms with van der Waals surface area (Å²) in [5.74, 6) is 2.15. The smallest absolute Gasteiger partial charge is 0.231 e. The van der Waals surface area contributed by atoms with Gasteiger partial charge in [0.1, 0.15) is 0 Å². The van der Waals surface area contributed by atoms with Crippen molar-refractivity contribution in [1.29, 1.82) is 0 Å². The number of ketones is 1. The third-order valence-electron chi connectivity index (χ3n) is 4.17. The number of benzene rings is 1. The molecule has 0 aliphatic carbocycles.